The number of likely N-dealkylation sites (tertiary alicyclic amines) is 1. The van der Waals surface area contributed by atoms with Gasteiger partial charge in [0.2, 0.25) is 5.91 Å². The van der Waals surface area contributed by atoms with Gasteiger partial charge in [-0.3, -0.25) is 4.79 Å². The van der Waals surface area contributed by atoms with Crippen LogP contribution in [-0.2, 0) is 20.7 Å². The van der Waals surface area contributed by atoms with Crippen molar-refractivity contribution in [3.8, 4) is 17.1 Å². The highest BCUT2D eigenvalue weighted by Gasteiger charge is 2.31. The van der Waals surface area contributed by atoms with E-state index in [2.05, 4.69) is 4.98 Å². The Hall–Kier alpha value is -2.38. The van der Waals surface area contributed by atoms with Crippen molar-refractivity contribution in [3.63, 3.8) is 0 Å². The number of hydrogen-bond donors (Lipinski definition) is 0. The van der Waals surface area contributed by atoms with E-state index < -0.39 is 0 Å². The molecule has 2 aliphatic rings. The molecule has 0 radical (unpaired) electrons. The summed E-state index contributed by atoms with van der Waals surface area (Å²) in [6.07, 6.45) is 4.39. The summed E-state index contributed by atoms with van der Waals surface area (Å²) in [6.45, 7) is 2.88. The second-order valence-corrected chi connectivity index (χ2v) is 7.17. The number of rotatable bonds is 6. The summed E-state index contributed by atoms with van der Waals surface area (Å²) in [6, 6.07) is 7.62. The maximum Gasteiger partial charge on any atom is 0.223 e. The van der Waals surface area contributed by atoms with Crippen LogP contribution in [0.25, 0.3) is 11.3 Å². The number of ether oxygens (including phenoxy) is 3. The molecule has 2 fully saturated rings. The van der Waals surface area contributed by atoms with Gasteiger partial charge in [0.25, 0.3) is 0 Å². The Balaban J connectivity index is 1.25. The van der Waals surface area contributed by atoms with Crippen LogP contribution >= 0.6 is 0 Å². The zero-order chi connectivity index (χ0) is 19.3. The molecule has 0 aliphatic carbocycles. The molecule has 0 bridgehead atoms. The summed E-state index contributed by atoms with van der Waals surface area (Å²) in [7, 11) is 1.64. The number of methoxy groups -OCH3 is 1. The Kier molecular flexibility index (Phi) is 5.92. The largest absolute Gasteiger partial charge is 0.497 e. The van der Waals surface area contributed by atoms with Crippen LogP contribution in [0.5, 0.6) is 5.75 Å². The van der Waals surface area contributed by atoms with E-state index in [0.717, 1.165) is 37.2 Å². The first-order valence-electron chi connectivity index (χ1n) is 9.83. The summed E-state index contributed by atoms with van der Waals surface area (Å²) >= 11 is 0. The standard InChI is InChI=1S/C21H26N2O5/c1-25-17-4-2-15(3-5-17)18-14-22-19(28-18)6-7-20(24)23-10-8-16(9-11-23)21-26-12-13-27-21/h2-5,14,16,21H,6-13H2,1H3. The highest BCUT2D eigenvalue weighted by atomic mass is 16.7. The van der Waals surface area contributed by atoms with Crippen LogP contribution in [0, 0.1) is 5.92 Å². The third-order valence-electron chi connectivity index (χ3n) is 5.41. The second kappa shape index (κ2) is 8.75. The van der Waals surface area contributed by atoms with Gasteiger partial charge in [0.15, 0.2) is 17.9 Å². The predicted molar refractivity (Wildman–Crippen MR) is 102 cm³/mol. The molecule has 0 N–H and O–H groups in total. The van der Waals surface area contributed by atoms with E-state index in [0.29, 0.717) is 43.6 Å². The van der Waals surface area contributed by atoms with Crippen LogP contribution in [0.3, 0.4) is 0 Å². The van der Waals surface area contributed by atoms with Gasteiger partial charge in [-0.05, 0) is 37.1 Å². The summed E-state index contributed by atoms with van der Waals surface area (Å²) in [5.74, 6) is 2.62. The van der Waals surface area contributed by atoms with Crippen LogP contribution in [0.4, 0.5) is 0 Å². The van der Waals surface area contributed by atoms with Gasteiger partial charge in [0, 0.05) is 37.4 Å². The fourth-order valence-electron chi connectivity index (χ4n) is 3.76. The molecular formula is C21H26N2O5. The lowest BCUT2D eigenvalue weighted by Crippen LogP contribution is -2.41. The molecule has 7 nitrogen and oxygen atoms in total. The molecular weight excluding hydrogens is 360 g/mol. The topological polar surface area (TPSA) is 74.0 Å². The monoisotopic (exact) mass is 386 g/mol. The van der Waals surface area contributed by atoms with Crippen molar-refractivity contribution in [3.05, 3.63) is 36.4 Å². The van der Waals surface area contributed by atoms with Crippen molar-refractivity contribution in [2.45, 2.75) is 32.0 Å². The number of piperidine rings is 1. The van der Waals surface area contributed by atoms with E-state index in [9.17, 15) is 4.79 Å². The van der Waals surface area contributed by atoms with Crippen molar-refractivity contribution in [1.82, 2.24) is 9.88 Å². The average Bonchev–Trinajstić information content (AvgIpc) is 3.44. The molecule has 4 rings (SSSR count). The quantitative estimate of drug-likeness (QED) is 0.760. The number of aryl methyl sites for hydroxylation is 1. The van der Waals surface area contributed by atoms with Crippen molar-refractivity contribution in [2.75, 3.05) is 33.4 Å². The lowest BCUT2D eigenvalue weighted by Gasteiger charge is -2.33. The van der Waals surface area contributed by atoms with Crippen molar-refractivity contribution >= 4 is 5.91 Å². The SMILES string of the molecule is COc1ccc(-c2cnc(CCC(=O)N3CCC(C4OCCO4)CC3)o2)cc1. The Bertz CT molecular complexity index is 774. The fraction of sp³-hybridized carbons (Fsp3) is 0.524. The molecule has 1 aromatic carbocycles. The third-order valence-corrected chi connectivity index (χ3v) is 5.41. The normalized spacial score (nSPS) is 18.5. The van der Waals surface area contributed by atoms with Gasteiger partial charge in [-0.2, -0.15) is 0 Å². The van der Waals surface area contributed by atoms with Crippen LogP contribution in [-0.4, -0.2) is 55.5 Å². The van der Waals surface area contributed by atoms with Crippen LogP contribution in [0.15, 0.2) is 34.9 Å². The molecule has 1 aromatic heterocycles. The minimum Gasteiger partial charge on any atom is -0.497 e. The number of benzene rings is 1. The third kappa shape index (κ3) is 4.36. The zero-order valence-electron chi connectivity index (χ0n) is 16.1. The second-order valence-electron chi connectivity index (χ2n) is 7.17. The molecule has 0 atom stereocenters. The van der Waals surface area contributed by atoms with Gasteiger partial charge < -0.3 is 23.5 Å². The number of oxazole rings is 1. The highest BCUT2D eigenvalue weighted by molar-refractivity contribution is 5.76. The molecule has 150 valence electrons. The number of carbonyl (C=O) groups is 1. The fourth-order valence-corrected chi connectivity index (χ4v) is 3.76. The summed E-state index contributed by atoms with van der Waals surface area (Å²) < 4.78 is 22.2. The summed E-state index contributed by atoms with van der Waals surface area (Å²) in [5.41, 5.74) is 0.935. The van der Waals surface area contributed by atoms with Gasteiger partial charge in [-0.25, -0.2) is 4.98 Å². The Morgan fingerprint density at radius 3 is 2.57 bits per heavy atom. The van der Waals surface area contributed by atoms with Crippen molar-refractivity contribution in [2.24, 2.45) is 5.92 Å². The summed E-state index contributed by atoms with van der Waals surface area (Å²) in [5, 5.41) is 0. The molecule has 2 aliphatic heterocycles. The maximum atomic E-state index is 12.5. The molecule has 0 unspecified atom stereocenters. The summed E-state index contributed by atoms with van der Waals surface area (Å²) in [4.78, 5) is 18.8. The highest BCUT2D eigenvalue weighted by Crippen LogP contribution is 2.27. The van der Waals surface area contributed by atoms with Gasteiger partial charge in [0.1, 0.15) is 5.75 Å². The van der Waals surface area contributed by atoms with Crippen LogP contribution < -0.4 is 4.74 Å². The Labute approximate surface area is 164 Å². The van der Waals surface area contributed by atoms with E-state index in [1.165, 1.54) is 0 Å². The molecule has 28 heavy (non-hydrogen) atoms. The number of hydrogen-bond acceptors (Lipinski definition) is 6. The van der Waals surface area contributed by atoms with Gasteiger partial charge >= 0.3 is 0 Å². The first-order chi connectivity index (χ1) is 13.7. The lowest BCUT2D eigenvalue weighted by atomic mass is 9.96. The number of amides is 1. The average molecular weight is 386 g/mol. The zero-order valence-corrected chi connectivity index (χ0v) is 16.1. The van der Waals surface area contributed by atoms with E-state index in [4.69, 9.17) is 18.6 Å². The van der Waals surface area contributed by atoms with Gasteiger partial charge in [-0.1, -0.05) is 0 Å². The number of nitrogens with zero attached hydrogens (tertiary/aromatic N) is 2. The van der Waals surface area contributed by atoms with E-state index in [-0.39, 0.29) is 12.2 Å². The number of aromatic nitrogens is 1. The maximum absolute atomic E-state index is 12.5. The van der Waals surface area contributed by atoms with E-state index in [1.807, 2.05) is 29.2 Å². The molecule has 1 amide bonds. The number of carbonyl (C=O) groups excluding carboxylic acids is 1. The molecule has 3 heterocycles. The minimum atomic E-state index is -0.0825. The van der Waals surface area contributed by atoms with E-state index >= 15 is 0 Å². The van der Waals surface area contributed by atoms with Gasteiger partial charge in [0.05, 0.1) is 26.5 Å². The lowest BCUT2D eigenvalue weighted by molar-refractivity contribution is -0.136. The molecule has 0 saturated carbocycles. The first kappa shape index (κ1) is 19.0. The molecule has 7 heteroatoms. The van der Waals surface area contributed by atoms with Crippen molar-refractivity contribution < 1.29 is 23.4 Å². The first-order valence-corrected chi connectivity index (χ1v) is 9.83. The minimum absolute atomic E-state index is 0.0825. The smallest absolute Gasteiger partial charge is 0.223 e. The van der Waals surface area contributed by atoms with Crippen molar-refractivity contribution in [1.29, 1.82) is 0 Å². The molecule has 2 aromatic rings. The Morgan fingerprint density at radius 2 is 1.89 bits per heavy atom. The predicted octanol–water partition coefficient (Wildman–Crippen LogP) is 2.89. The van der Waals surface area contributed by atoms with Crippen LogP contribution in [0.2, 0.25) is 0 Å². The van der Waals surface area contributed by atoms with E-state index in [1.54, 1.807) is 13.3 Å². The van der Waals surface area contributed by atoms with Crippen LogP contribution in [0.1, 0.15) is 25.2 Å². The molecule has 0 spiro atoms. The molecule has 2 saturated heterocycles. The Morgan fingerprint density at radius 1 is 1.18 bits per heavy atom. The van der Waals surface area contributed by atoms with Gasteiger partial charge in [-0.15, -0.1) is 0 Å².